The molecule has 2 aliphatic heterocycles. The number of likely N-dealkylation sites (tertiary alicyclic amines) is 2. The van der Waals surface area contributed by atoms with Gasteiger partial charge in [-0.2, -0.15) is 5.10 Å². The van der Waals surface area contributed by atoms with Crippen molar-refractivity contribution in [2.75, 3.05) is 33.8 Å². The van der Waals surface area contributed by atoms with E-state index in [1.807, 2.05) is 26.1 Å². The Morgan fingerprint density at radius 3 is 2.75 bits per heavy atom. The molecule has 0 saturated carbocycles. The number of piperidine rings is 2. The molecule has 0 aromatic carbocycles. The van der Waals surface area contributed by atoms with Gasteiger partial charge < -0.3 is 19.0 Å². The van der Waals surface area contributed by atoms with Gasteiger partial charge in [0.25, 0.3) is 5.91 Å². The smallest absolute Gasteiger partial charge is 0.274 e. The highest BCUT2D eigenvalue weighted by atomic mass is 16.5. The Labute approximate surface area is 163 Å². The molecule has 2 aromatic rings. The van der Waals surface area contributed by atoms with E-state index in [9.17, 15) is 9.59 Å². The van der Waals surface area contributed by atoms with E-state index in [2.05, 4.69) is 10.2 Å². The van der Waals surface area contributed by atoms with Crippen LogP contribution in [-0.2, 0) is 9.53 Å². The number of hydrogen-bond acceptors (Lipinski definition) is 5. The van der Waals surface area contributed by atoms with Gasteiger partial charge in [-0.25, -0.2) is 0 Å². The first-order valence-corrected chi connectivity index (χ1v) is 9.62. The Morgan fingerprint density at radius 2 is 2.11 bits per heavy atom. The summed E-state index contributed by atoms with van der Waals surface area (Å²) >= 11 is 0. The number of rotatable bonds is 3. The fraction of sp³-hybridized carbons (Fsp3) is 0.550. The first kappa shape index (κ1) is 18.7. The monoisotopic (exact) mass is 386 g/mol. The minimum atomic E-state index is -0.424. The predicted molar refractivity (Wildman–Crippen MR) is 102 cm³/mol. The van der Waals surface area contributed by atoms with Crippen LogP contribution in [0.2, 0.25) is 0 Å². The van der Waals surface area contributed by atoms with Gasteiger partial charge in [0.1, 0.15) is 11.5 Å². The fourth-order valence-corrected chi connectivity index (χ4v) is 4.39. The Morgan fingerprint density at radius 1 is 1.36 bits per heavy atom. The number of aromatic nitrogens is 2. The van der Waals surface area contributed by atoms with Gasteiger partial charge in [-0.1, -0.05) is 0 Å². The number of nitrogens with zero attached hydrogens (tertiary/aromatic N) is 3. The Balaban J connectivity index is 1.44. The van der Waals surface area contributed by atoms with Gasteiger partial charge in [-0.3, -0.25) is 14.7 Å². The predicted octanol–water partition coefficient (Wildman–Crippen LogP) is 2.08. The van der Waals surface area contributed by atoms with Gasteiger partial charge in [-0.05, 0) is 38.3 Å². The number of furan rings is 1. The van der Waals surface area contributed by atoms with Gasteiger partial charge in [0.05, 0.1) is 11.5 Å². The number of nitrogens with one attached hydrogen (secondary N) is 1. The van der Waals surface area contributed by atoms with Crippen LogP contribution in [0, 0.1) is 12.3 Å². The van der Waals surface area contributed by atoms with E-state index in [-0.39, 0.29) is 17.9 Å². The van der Waals surface area contributed by atoms with Crippen LogP contribution in [0.5, 0.6) is 0 Å². The third-order valence-electron chi connectivity index (χ3n) is 6.04. The van der Waals surface area contributed by atoms with Crippen LogP contribution in [0.3, 0.4) is 0 Å². The summed E-state index contributed by atoms with van der Waals surface area (Å²) in [6, 6.07) is 5.43. The normalized spacial score (nSPS) is 22.1. The number of ether oxygens (including phenoxy) is 1. The van der Waals surface area contributed by atoms with Crippen molar-refractivity contribution in [3.8, 4) is 11.5 Å². The summed E-state index contributed by atoms with van der Waals surface area (Å²) in [5.41, 5.74) is 0.617. The van der Waals surface area contributed by atoms with Crippen molar-refractivity contribution in [3.05, 3.63) is 29.7 Å². The number of carbonyl (C=O) groups is 2. The van der Waals surface area contributed by atoms with Crippen LogP contribution >= 0.6 is 0 Å². The van der Waals surface area contributed by atoms with Crippen LogP contribution < -0.4 is 0 Å². The van der Waals surface area contributed by atoms with Crippen molar-refractivity contribution in [1.82, 2.24) is 20.0 Å². The first-order chi connectivity index (χ1) is 13.4. The number of amides is 2. The van der Waals surface area contributed by atoms with Gasteiger partial charge in [-0.15, -0.1) is 0 Å². The molecule has 1 atom stereocenters. The minimum Gasteiger partial charge on any atom is -0.460 e. The first-order valence-electron chi connectivity index (χ1n) is 9.62. The average Bonchev–Trinajstić information content (AvgIpc) is 3.35. The molecule has 0 aliphatic carbocycles. The average molecular weight is 386 g/mol. The zero-order valence-electron chi connectivity index (χ0n) is 16.5. The molecule has 1 N–H and O–H groups in total. The maximum atomic E-state index is 12.9. The molecule has 0 radical (unpaired) electrons. The number of aryl methyl sites for hydroxylation is 1. The second kappa shape index (κ2) is 7.09. The van der Waals surface area contributed by atoms with E-state index in [0.717, 1.165) is 12.2 Å². The Bertz CT molecular complexity index is 878. The highest BCUT2D eigenvalue weighted by Crippen LogP contribution is 2.41. The van der Waals surface area contributed by atoms with E-state index in [0.29, 0.717) is 49.6 Å². The summed E-state index contributed by atoms with van der Waals surface area (Å²) in [5, 5.41) is 7.03. The lowest BCUT2D eigenvalue weighted by Crippen LogP contribution is -2.57. The molecule has 1 unspecified atom stereocenters. The molecule has 8 heteroatoms. The molecule has 0 bridgehead atoms. The molecule has 2 saturated heterocycles. The third-order valence-corrected chi connectivity index (χ3v) is 6.04. The van der Waals surface area contributed by atoms with E-state index in [1.165, 1.54) is 0 Å². The van der Waals surface area contributed by atoms with Gasteiger partial charge >= 0.3 is 0 Å². The van der Waals surface area contributed by atoms with Crippen molar-refractivity contribution >= 4 is 11.8 Å². The van der Waals surface area contributed by atoms with Gasteiger partial charge in [0.2, 0.25) is 5.91 Å². The van der Waals surface area contributed by atoms with Crippen LogP contribution in [0.1, 0.15) is 35.5 Å². The summed E-state index contributed by atoms with van der Waals surface area (Å²) in [4.78, 5) is 29.2. The zero-order valence-corrected chi connectivity index (χ0v) is 16.5. The maximum absolute atomic E-state index is 12.9. The lowest BCUT2D eigenvalue weighted by Gasteiger charge is -2.47. The maximum Gasteiger partial charge on any atom is 0.274 e. The molecule has 4 heterocycles. The number of methoxy groups -OCH3 is 1. The SMILES string of the molecule is COC1CN(C)C(=O)C2(CCN(C(=O)c3cc(-c4ccc(C)o4)[nH]n3)CC2)C1. The Hall–Kier alpha value is -2.61. The topological polar surface area (TPSA) is 91.7 Å². The third kappa shape index (κ3) is 3.22. The summed E-state index contributed by atoms with van der Waals surface area (Å²) in [5.74, 6) is 1.50. The molecule has 2 aromatic heterocycles. The summed E-state index contributed by atoms with van der Waals surface area (Å²) in [6.07, 6.45) is 2.07. The fourth-order valence-electron chi connectivity index (χ4n) is 4.39. The lowest BCUT2D eigenvalue weighted by atomic mass is 9.71. The van der Waals surface area contributed by atoms with Crippen LogP contribution in [0.15, 0.2) is 22.6 Å². The molecular formula is C20H26N4O4. The van der Waals surface area contributed by atoms with Crippen LogP contribution in [-0.4, -0.2) is 71.7 Å². The van der Waals surface area contributed by atoms with E-state index >= 15 is 0 Å². The van der Waals surface area contributed by atoms with Crippen molar-refractivity contribution in [3.63, 3.8) is 0 Å². The van der Waals surface area contributed by atoms with E-state index in [4.69, 9.17) is 9.15 Å². The van der Waals surface area contributed by atoms with Crippen LogP contribution in [0.4, 0.5) is 0 Å². The Kier molecular flexibility index (Phi) is 4.74. The molecule has 2 aliphatic rings. The second-order valence-corrected chi connectivity index (χ2v) is 7.90. The molecule has 2 fully saturated rings. The van der Waals surface area contributed by atoms with Crippen LogP contribution in [0.25, 0.3) is 11.5 Å². The molecule has 2 amide bonds. The second-order valence-electron chi connectivity index (χ2n) is 7.90. The molecule has 8 nitrogen and oxygen atoms in total. The number of aromatic amines is 1. The lowest BCUT2D eigenvalue weighted by molar-refractivity contribution is -0.155. The minimum absolute atomic E-state index is 0.0515. The largest absolute Gasteiger partial charge is 0.460 e. The number of H-pyrrole nitrogens is 1. The zero-order chi connectivity index (χ0) is 19.9. The van der Waals surface area contributed by atoms with Crippen molar-refractivity contribution in [2.45, 2.75) is 32.3 Å². The van der Waals surface area contributed by atoms with Gasteiger partial charge in [0.15, 0.2) is 11.5 Å². The standard InChI is InChI=1S/C20H26N4O4/c1-13-4-5-17(28-13)15-10-16(22-21-15)18(25)24-8-6-20(7-9-24)11-14(27-3)12-23(2)19(20)26/h4-5,10,14H,6-9,11-12H2,1-3H3,(H,21,22). The van der Waals surface area contributed by atoms with Gasteiger partial charge in [0, 0.05) is 39.9 Å². The highest BCUT2D eigenvalue weighted by Gasteiger charge is 2.48. The summed E-state index contributed by atoms with van der Waals surface area (Å²) in [6.45, 7) is 3.57. The van der Waals surface area contributed by atoms with Crippen molar-refractivity contribution in [1.29, 1.82) is 0 Å². The summed E-state index contributed by atoms with van der Waals surface area (Å²) in [7, 11) is 3.52. The van der Waals surface area contributed by atoms with E-state index < -0.39 is 5.41 Å². The highest BCUT2D eigenvalue weighted by molar-refractivity contribution is 5.93. The number of hydrogen-bond donors (Lipinski definition) is 1. The molecular weight excluding hydrogens is 360 g/mol. The van der Waals surface area contributed by atoms with Crippen molar-refractivity contribution in [2.24, 2.45) is 5.41 Å². The molecule has 150 valence electrons. The van der Waals surface area contributed by atoms with Crippen molar-refractivity contribution < 1.29 is 18.7 Å². The van der Waals surface area contributed by atoms with E-state index in [1.54, 1.807) is 23.0 Å². The summed E-state index contributed by atoms with van der Waals surface area (Å²) < 4.78 is 11.1. The molecule has 1 spiro atoms. The molecule has 4 rings (SSSR count). The molecule has 28 heavy (non-hydrogen) atoms. The quantitative estimate of drug-likeness (QED) is 0.872. The number of likely N-dealkylation sites (N-methyl/N-ethyl adjacent to an activating group) is 1. The number of carbonyl (C=O) groups excluding carboxylic acids is 2.